The van der Waals surface area contributed by atoms with E-state index in [2.05, 4.69) is 15.9 Å². The Bertz CT molecular complexity index is 339. The van der Waals surface area contributed by atoms with Crippen molar-refractivity contribution in [1.29, 1.82) is 0 Å². The van der Waals surface area contributed by atoms with Crippen molar-refractivity contribution in [2.45, 2.75) is 19.3 Å². The van der Waals surface area contributed by atoms with Gasteiger partial charge in [0.15, 0.2) is 0 Å². The average molecular weight is 258 g/mol. The van der Waals surface area contributed by atoms with Gasteiger partial charge in [0.05, 0.1) is 4.47 Å². The molecule has 0 aromatic heterocycles. The summed E-state index contributed by atoms with van der Waals surface area (Å²) >= 11 is 3.23. The minimum absolute atomic E-state index is 0.226. The number of amides is 1. The van der Waals surface area contributed by atoms with Crippen molar-refractivity contribution in [3.63, 3.8) is 0 Å². The average Bonchev–Trinajstić information content (AvgIpc) is 2.10. The maximum Gasteiger partial charge on any atom is 0.217 e. The number of hydrogen-bond donors (Lipinski definition) is 2. The SMILES string of the molecule is NC(=O)CCCc1ccc(O)c(Br)c1. The van der Waals surface area contributed by atoms with Gasteiger partial charge in [-0.2, -0.15) is 0 Å². The van der Waals surface area contributed by atoms with E-state index in [9.17, 15) is 9.90 Å². The molecule has 0 saturated heterocycles. The molecule has 0 saturated carbocycles. The Hall–Kier alpha value is -1.03. The molecule has 0 aliphatic heterocycles. The Labute approximate surface area is 91.1 Å². The fourth-order valence-electron chi connectivity index (χ4n) is 1.17. The van der Waals surface area contributed by atoms with Crippen LogP contribution >= 0.6 is 15.9 Å². The van der Waals surface area contributed by atoms with E-state index < -0.39 is 0 Å². The van der Waals surface area contributed by atoms with Crippen LogP contribution in [0.3, 0.4) is 0 Å². The molecule has 1 aromatic rings. The molecule has 0 radical (unpaired) electrons. The second kappa shape index (κ2) is 5.00. The lowest BCUT2D eigenvalue weighted by Gasteiger charge is -2.02. The van der Waals surface area contributed by atoms with Crippen molar-refractivity contribution in [3.8, 4) is 5.75 Å². The van der Waals surface area contributed by atoms with Crippen molar-refractivity contribution in [3.05, 3.63) is 28.2 Å². The van der Waals surface area contributed by atoms with Gasteiger partial charge >= 0.3 is 0 Å². The number of carbonyl (C=O) groups is 1. The zero-order chi connectivity index (χ0) is 10.6. The van der Waals surface area contributed by atoms with Crippen LogP contribution in [0.15, 0.2) is 22.7 Å². The Balaban J connectivity index is 2.51. The highest BCUT2D eigenvalue weighted by molar-refractivity contribution is 9.10. The highest BCUT2D eigenvalue weighted by atomic mass is 79.9. The van der Waals surface area contributed by atoms with E-state index in [1.165, 1.54) is 0 Å². The van der Waals surface area contributed by atoms with Crippen LogP contribution in [0.25, 0.3) is 0 Å². The Kier molecular flexibility index (Phi) is 3.95. The van der Waals surface area contributed by atoms with Crippen LogP contribution in [0, 0.1) is 0 Å². The molecule has 0 aliphatic rings. The van der Waals surface area contributed by atoms with Gasteiger partial charge in [-0.1, -0.05) is 6.07 Å². The number of aromatic hydroxyl groups is 1. The lowest BCUT2D eigenvalue weighted by molar-refractivity contribution is -0.118. The van der Waals surface area contributed by atoms with Crippen molar-refractivity contribution in [2.24, 2.45) is 5.73 Å². The molecule has 14 heavy (non-hydrogen) atoms. The Morgan fingerprint density at radius 3 is 2.79 bits per heavy atom. The van der Waals surface area contributed by atoms with Crippen LogP contribution in [0.1, 0.15) is 18.4 Å². The quantitative estimate of drug-likeness (QED) is 0.867. The highest BCUT2D eigenvalue weighted by Gasteiger charge is 2.00. The van der Waals surface area contributed by atoms with Gasteiger partial charge in [0.25, 0.3) is 0 Å². The lowest BCUT2D eigenvalue weighted by atomic mass is 10.1. The zero-order valence-electron chi connectivity index (χ0n) is 7.66. The number of halogens is 1. The molecule has 1 rings (SSSR count). The predicted octanol–water partition coefficient (Wildman–Crippen LogP) is 1.96. The molecule has 0 fully saturated rings. The van der Waals surface area contributed by atoms with Gasteiger partial charge in [-0.25, -0.2) is 0 Å². The maximum absolute atomic E-state index is 10.5. The highest BCUT2D eigenvalue weighted by Crippen LogP contribution is 2.24. The van der Waals surface area contributed by atoms with Gasteiger partial charge in [-0.3, -0.25) is 4.79 Å². The number of primary amides is 1. The van der Waals surface area contributed by atoms with E-state index in [1.807, 2.05) is 12.1 Å². The first kappa shape index (κ1) is 11.0. The summed E-state index contributed by atoms with van der Waals surface area (Å²) in [5.74, 6) is -0.0495. The lowest BCUT2D eigenvalue weighted by Crippen LogP contribution is -2.10. The summed E-state index contributed by atoms with van der Waals surface area (Å²) in [4.78, 5) is 10.5. The summed E-state index contributed by atoms with van der Waals surface area (Å²) in [6.45, 7) is 0. The second-order valence-corrected chi connectivity index (χ2v) is 3.96. The molecule has 3 N–H and O–H groups in total. The standard InChI is InChI=1S/C10H12BrNO2/c11-8-6-7(4-5-9(8)13)2-1-3-10(12)14/h4-6,13H,1-3H2,(H2,12,14). The van der Waals surface area contributed by atoms with Crippen molar-refractivity contribution < 1.29 is 9.90 Å². The Morgan fingerprint density at radius 2 is 2.21 bits per heavy atom. The van der Waals surface area contributed by atoms with Crippen LogP contribution in [0.5, 0.6) is 5.75 Å². The molecule has 0 aliphatic carbocycles. The minimum Gasteiger partial charge on any atom is -0.507 e. The summed E-state index contributed by atoms with van der Waals surface area (Å²) in [6, 6.07) is 5.31. The number of rotatable bonds is 4. The first-order valence-electron chi connectivity index (χ1n) is 4.35. The van der Waals surface area contributed by atoms with Crippen LogP contribution in [0.4, 0.5) is 0 Å². The van der Waals surface area contributed by atoms with Crippen LogP contribution in [0.2, 0.25) is 0 Å². The van der Waals surface area contributed by atoms with E-state index in [-0.39, 0.29) is 11.7 Å². The van der Waals surface area contributed by atoms with E-state index in [0.717, 1.165) is 18.4 Å². The second-order valence-electron chi connectivity index (χ2n) is 3.11. The number of aryl methyl sites for hydroxylation is 1. The van der Waals surface area contributed by atoms with Crippen LogP contribution in [-0.2, 0) is 11.2 Å². The van der Waals surface area contributed by atoms with Gasteiger partial charge < -0.3 is 10.8 Å². The third-order valence-corrected chi connectivity index (χ3v) is 2.54. The number of benzene rings is 1. The summed E-state index contributed by atoms with van der Waals surface area (Å²) < 4.78 is 0.675. The van der Waals surface area contributed by atoms with Crippen molar-refractivity contribution >= 4 is 21.8 Å². The first-order valence-corrected chi connectivity index (χ1v) is 5.14. The zero-order valence-corrected chi connectivity index (χ0v) is 9.25. The topological polar surface area (TPSA) is 63.3 Å². The maximum atomic E-state index is 10.5. The molecule has 76 valence electrons. The summed E-state index contributed by atoms with van der Waals surface area (Å²) in [7, 11) is 0. The monoisotopic (exact) mass is 257 g/mol. The van der Waals surface area contributed by atoms with Crippen LogP contribution in [-0.4, -0.2) is 11.0 Å². The molecule has 0 unspecified atom stereocenters. The molecule has 1 amide bonds. The summed E-state index contributed by atoms with van der Waals surface area (Å²) in [5, 5.41) is 9.24. The first-order chi connectivity index (χ1) is 6.59. The molecular weight excluding hydrogens is 246 g/mol. The van der Waals surface area contributed by atoms with Gasteiger partial charge in [0.2, 0.25) is 5.91 Å². The van der Waals surface area contributed by atoms with Crippen LogP contribution < -0.4 is 5.73 Å². The fourth-order valence-corrected chi connectivity index (χ4v) is 1.60. The number of carbonyl (C=O) groups excluding carboxylic acids is 1. The Morgan fingerprint density at radius 1 is 1.50 bits per heavy atom. The van der Waals surface area contributed by atoms with Gasteiger partial charge in [-0.15, -0.1) is 0 Å². The smallest absolute Gasteiger partial charge is 0.217 e. The predicted molar refractivity (Wildman–Crippen MR) is 57.9 cm³/mol. The minimum atomic E-state index is -0.275. The molecular formula is C10H12BrNO2. The van der Waals surface area contributed by atoms with E-state index in [1.54, 1.807) is 6.07 Å². The number of phenols is 1. The molecule has 0 heterocycles. The number of hydrogen-bond acceptors (Lipinski definition) is 2. The molecule has 4 heteroatoms. The fraction of sp³-hybridized carbons (Fsp3) is 0.300. The largest absolute Gasteiger partial charge is 0.507 e. The van der Waals surface area contributed by atoms with Gasteiger partial charge in [0, 0.05) is 6.42 Å². The molecule has 3 nitrogen and oxygen atoms in total. The summed E-state index contributed by atoms with van der Waals surface area (Å²) in [5.41, 5.74) is 6.10. The molecule has 1 aromatic carbocycles. The van der Waals surface area contributed by atoms with Gasteiger partial charge in [0.1, 0.15) is 5.75 Å². The van der Waals surface area contributed by atoms with Crippen molar-refractivity contribution in [2.75, 3.05) is 0 Å². The number of phenolic OH excluding ortho intramolecular Hbond substituents is 1. The normalized spacial score (nSPS) is 10.1. The molecule has 0 atom stereocenters. The van der Waals surface area contributed by atoms with Crippen molar-refractivity contribution in [1.82, 2.24) is 0 Å². The summed E-state index contributed by atoms with van der Waals surface area (Å²) in [6.07, 6.45) is 1.94. The van der Waals surface area contributed by atoms with E-state index >= 15 is 0 Å². The third-order valence-electron chi connectivity index (χ3n) is 1.90. The third kappa shape index (κ3) is 3.38. The number of nitrogens with two attached hydrogens (primary N) is 1. The molecule has 0 bridgehead atoms. The van der Waals surface area contributed by atoms with E-state index in [0.29, 0.717) is 10.9 Å². The molecule has 0 spiro atoms. The van der Waals surface area contributed by atoms with E-state index in [4.69, 9.17) is 5.73 Å². The van der Waals surface area contributed by atoms with Gasteiger partial charge in [-0.05, 0) is 46.5 Å².